The fourth-order valence-electron chi connectivity index (χ4n) is 2.75. The van der Waals surface area contributed by atoms with E-state index in [0.717, 1.165) is 5.90 Å². The zero-order valence-electron chi connectivity index (χ0n) is 8.06. The van der Waals surface area contributed by atoms with Crippen LogP contribution in [0.25, 0.3) is 0 Å². The smallest absolute Gasteiger partial charge is 0.190 e. The minimum Gasteiger partial charge on any atom is -0.478 e. The third-order valence-corrected chi connectivity index (χ3v) is 3.39. The first-order valence-corrected chi connectivity index (χ1v) is 4.85. The van der Waals surface area contributed by atoms with Crippen LogP contribution in [-0.2, 0) is 4.74 Å². The van der Waals surface area contributed by atoms with Crippen LogP contribution in [0.3, 0.4) is 0 Å². The van der Waals surface area contributed by atoms with Crippen LogP contribution in [0.1, 0.15) is 33.1 Å². The molecular weight excluding hydrogens is 169 g/mol. The highest BCUT2D eigenvalue weighted by Gasteiger charge is 2.73. The van der Waals surface area contributed by atoms with Crippen molar-refractivity contribution in [3.05, 3.63) is 0 Å². The SMILES string of the molecule is CC1(C)COC(C23CC(F)(C2)C3)=N1. The zero-order chi connectivity index (χ0) is 9.32. The van der Waals surface area contributed by atoms with Crippen molar-refractivity contribution in [2.24, 2.45) is 10.4 Å². The Hall–Kier alpha value is -0.600. The fraction of sp³-hybridized carbons (Fsp3) is 0.900. The van der Waals surface area contributed by atoms with E-state index in [1.807, 2.05) is 0 Å². The molecule has 1 heterocycles. The van der Waals surface area contributed by atoms with Crippen LogP contribution >= 0.6 is 0 Å². The largest absolute Gasteiger partial charge is 0.478 e. The van der Waals surface area contributed by atoms with Gasteiger partial charge >= 0.3 is 0 Å². The van der Waals surface area contributed by atoms with Crippen LogP contribution in [0.5, 0.6) is 0 Å². The predicted molar refractivity (Wildman–Crippen MR) is 47.6 cm³/mol. The summed E-state index contributed by atoms with van der Waals surface area (Å²) in [5.74, 6) is 0.831. The lowest BCUT2D eigenvalue weighted by Crippen LogP contribution is -2.67. The van der Waals surface area contributed by atoms with Gasteiger partial charge in [0.15, 0.2) is 5.90 Å². The first-order chi connectivity index (χ1) is 5.93. The van der Waals surface area contributed by atoms with Crippen molar-refractivity contribution in [2.45, 2.75) is 44.3 Å². The van der Waals surface area contributed by atoms with E-state index >= 15 is 0 Å². The van der Waals surface area contributed by atoms with E-state index in [1.165, 1.54) is 0 Å². The van der Waals surface area contributed by atoms with E-state index < -0.39 is 5.67 Å². The van der Waals surface area contributed by atoms with Crippen molar-refractivity contribution in [3.63, 3.8) is 0 Å². The maximum Gasteiger partial charge on any atom is 0.190 e. The molecule has 3 fully saturated rings. The molecule has 4 rings (SSSR count). The Bertz CT molecular complexity index is 288. The van der Waals surface area contributed by atoms with Crippen LogP contribution in [0, 0.1) is 5.41 Å². The number of hydrogen-bond donors (Lipinski definition) is 0. The normalized spacial score (nSPS) is 50.2. The van der Waals surface area contributed by atoms with Gasteiger partial charge in [0.25, 0.3) is 0 Å². The summed E-state index contributed by atoms with van der Waals surface area (Å²) in [6.45, 7) is 4.76. The molecule has 0 atom stereocenters. The van der Waals surface area contributed by atoms with Crippen LogP contribution in [0.2, 0.25) is 0 Å². The Balaban J connectivity index is 1.82. The Morgan fingerprint density at radius 1 is 1.31 bits per heavy atom. The number of halogens is 1. The second-order valence-corrected chi connectivity index (χ2v) is 5.48. The molecule has 0 saturated heterocycles. The maximum absolute atomic E-state index is 13.3. The van der Waals surface area contributed by atoms with Crippen LogP contribution < -0.4 is 0 Å². The van der Waals surface area contributed by atoms with Crippen molar-refractivity contribution in [1.29, 1.82) is 0 Å². The summed E-state index contributed by atoms with van der Waals surface area (Å²) >= 11 is 0. The fourth-order valence-corrected chi connectivity index (χ4v) is 2.75. The molecule has 0 aromatic rings. The molecular formula is C10H14FNO. The molecule has 3 saturated carbocycles. The van der Waals surface area contributed by atoms with Crippen molar-refractivity contribution >= 4 is 5.90 Å². The van der Waals surface area contributed by atoms with E-state index in [4.69, 9.17) is 4.74 Å². The lowest BCUT2D eigenvalue weighted by atomic mass is 9.42. The van der Waals surface area contributed by atoms with Gasteiger partial charge in [0.1, 0.15) is 12.3 Å². The highest BCUT2D eigenvalue weighted by Crippen LogP contribution is 2.70. The second kappa shape index (κ2) is 1.77. The quantitative estimate of drug-likeness (QED) is 0.610. The Kier molecular flexibility index (Phi) is 1.06. The van der Waals surface area contributed by atoms with Crippen molar-refractivity contribution < 1.29 is 9.13 Å². The molecule has 0 amide bonds. The number of nitrogens with zero attached hydrogens (tertiary/aromatic N) is 1. The minimum absolute atomic E-state index is 0.0164. The zero-order valence-corrected chi connectivity index (χ0v) is 8.06. The van der Waals surface area contributed by atoms with E-state index in [-0.39, 0.29) is 11.0 Å². The van der Waals surface area contributed by atoms with Crippen LogP contribution in [0.4, 0.5) is 4.39 Å². The Morgan fingerprint density at radius 3 is 2.31 bits per heavy atom. The average Bonchev–Trinajstić information content (AvgIpc) is 2.21. The molecule has 0 spiro atoms. The molecule has 0 N–H and O–H groups in total. The lowest BCUT2D eigenvalue weighted by molar-refractivity contribution is -0.176. The minimum atomic E-state index is -0.849. The molecule has 0 aromatic carbocycles. The summed E-state index contributed by atoms with van der Waals surface area (Å²) in [4.78, 5) is 4.51. The molecule has 1 aliphatic heterocycles. The summed E-state index contributed by atoms with van der Waals surface area (Å²) < 4.78 is 18.8. The molecule has 3 heteroatoms. The van der Waals surface area contributed by atoms with Gasteiger partial charge in [-0.2, -0.15) is 0 Å². The third-order valence-electron chi connectivity index (χ3n) is 3.39. The molecule has 13 heavy (non-hydrogen) atoms. The first-order valence-electron chi connectivity index (χ1n) is 4.85. The van der Waals surface area contributed by atoms with Crippen LogP contribution in [-0.4, -0.2) is 23.7 Å². The number of hydrogen-bond acceptors (Lipinski definition) is 2. The Morgan fingerprint density at radius 2 is 1.92 bits per heavy atom. The van der Waals surface area contributed by atoms with Gasteiger partial charge in [0.05, 0.1) is 11.0 Å². The number of aliphatic imine (C=N–C) groups is 1. The van der Waals surface area contributed by atoms with E-state index in [9.17, 15) is 4.39 Å². The average molecular weight is 183 g/mol. The number of ether oxygens (including phenoxy) is 1. The van der Waals surface area contributed by atoms with Gasteiger partial charge in [-0.15, -0.1) is 0 Å². The summed E-state index contributed by atoms with van der Waals surface area (Å²) in [5, 5.41) is 0. The molecule has 3 aliphatic carbocycles. The van der Waals surface area contributed by atoms with Crippen molar-refractivity contribution in [3.8, 4) is 0 Å². The summed E-state index contributed by atoms with van der Waals surface area (Å²) in [5.41, 5.74) is -0.921. The second-order valence-electron chi connectivity index (χ2n) is 5.48. The van der Waals surface area contributed by atoms with Gasteiger partial charge in [0.2, 0.25) is 0 Å². The molecule has 2 bridgehead atoms. The molecule has 4 aliphatic rings. The van der Waals surface area contributed by atoms with Crippen LogP contribution in [0.15, 0.2) is 4.99 Å². The van der Waals surface area contributed by atoms with Gasteiger partial charge in [-0.25, -0.2) is 9.38 Å². The van der Waals surface area contributed by atoms with Crippen molar-refractivity contribution in [1.82, 2.24) is 0 Å². The molecule has 0 aromatic heterocycles. The topological polar surface area (TPSA) is 21.6 Å². The summed E-state index contributed by atoms with van der Waals surface area (Å²) in [7, 11) is 0. The molecule has 2 nitrogen and oxygen atoms in total. The molecule has 0 unspecified atom stereocenters. The first kappa shape index (κ1) is 7.77. The predicted octanol–water partition coefficient (Wildman–Crippen LogP) is 2.09. The summed E-state index contributed by atoms with van der Waals surface area (Å²) in [6.07, 6.45) is 1.94. The number of alkyl halides is 1. The van der Waals surface area contributed by atoms with E-state index in [2.05, 4.69) is 18.8 Å². The lowest BCUT2D eigenvalue weighted by Gasteiger charge is -2.64. The molecule has 0 radical (unpaired) electrons. The van der Waals surface area contributed by atoms with Gasteiger partial charge in [-0.1, -0.05) is 0 Å². The molecule has 72 valence electrons. The monoisotopic (exact) mass is 183 g/mol. The summed E-state index contributed by atoms with van der Waals surface area (Å²) in [6, 6.07) is 0. The van der Waals surface area contributed by atoms with E-state index in [0.29, 0.717) is 25.9 Å². The van der Waals surface area contributed by atoms with Gasteiger partial charge in [-0.05, 0) is 33.1 Å². The number of rotatable bonds is 1. The van der Waals surface area contributed by atoms with Gasteiger partial charge in [-0.3, -0.25) is 0 Å². The maximum atomic E-state index is 13.3. The van der Waals surface area contributed by atoms with Gasteiger partial charge in [0, 0.05) is 0 Å². The van der Waals surface area contributed by atoms with Gasteiger partial charge < -0.3 is 4.74 Å². The van der Waals surface area contributed by atoms with Crippen molar-refractivity contribution in [2.75, 3.05) is 6.61 Å². The highest BCUT2D eigenvalue weighted by atomic mass is 19.1. The Labute approximate surface area is 77.2 Å². The standard InChI is InChI=1S/C10H14FNO/c1-8(2)6-13-7(12-8)9-3-10(11,4-9)5-9/h3-6H2,1-2H3. The third kappa shape index (κ3) is 0.851. The highest BCUT2D eigenvalue weighted by molar-refractivity contribution is 5.88. The van der Waals surface area contributed by atoms with E-state index in [1.54, 1.807) is 0 Å².